The Morgan fingerprint density at radius 2 is 1.97 bits per heavy atom. The number of anilines is 1. The van der Waals surface area contributed by atoms with Gasteiger partial charge in [0, 0.05) is 34.8 Å². The van der Waals surface area contributed by atoms with Crippen LogP contribution in [0, 0.1) is 0 Å². The molecule has 36 heavy (non-hydrogen) atoms. The number of alkyl halides is 1. The van der Waals surface area contributed by atoms with E-state index in [0.29, 0.717) is 23.1 Å². The van der Waals surface area contributed by atoms with E-state index < -0.39 is 6.17 Å². The number of nitrogens with one attached hydrogen (secondary N) is 1. The Morgan fingerprint density at radius 3 is 2.69 bits per heavy atom. The number of phenolic OH excluding ortho intramolecular Hbond substituents is 1. The first-order valence-electron chi connectivity index (χ1n) is 12.5. The van der Waals surface area contributed by atoms with Crippen LogP contribution in [-0.2, 0) is 0 Å². The Balaban J connectivity index is 1.26. The van der Waals surface area contributed by atoms with Crippen LogP contribution in [-0.4, -0.2) is 67.4 Å². The molecule has 188 valence electrons. The van der Waals surface area contributed by atoms with Crippen molar-refractivity contribution in [2.75, 3.05) is 12.0 Å². The molecular weight excluding hydrogens is 461 g/mol. The molecule has 2 bridgehead atoms. The number of rotatable bonds is 6. The highest BCUT2D eigenvalue weighted by Gasteiger charge is 2.50. The molecule has 0 spiro atoms. The first-order chi connectivity index (χ1) is 17.4. The van der Waals surface area contributed by atoms with Crippen molar-refractivity contribution in [3.05, 3.63) is 36.7 Å². The van der Waals surface area contributed by atoms with Gasteiger partial charge >= 0.3 is 0 Å². The van der Waals surface area contributed by atoms with Crippen LogP contribution in [0.3, 0.4) is 0 Å². The van der Waals surface area contributed by atoms with Crippen molar-refractivity contribution in [2.24, 2.45) is 0 Å². The maximum absolute atomic E-state index is 15.6. The number of nitrogens with zero attached hydrogens (tertiary/aromatic N) is 6. The van der Waals surface area contributed by atoms with Gasteiger partial charge < -0.3 is 20.1 Å². The van der Waals surface area contributed by atoms with Crippen LogP contribution < -0.4 is 15.0 Å². The lowest BCUT2D eigenvalue weighted by Crippen LogP contribution is -2.67. The highest BCUT2D eigenvalue weighted by atomic mass is 19.1. The molecule has 2 aromatic heterocycles. The lowest BCUT2D eigenvalue weighted by Gasteiger charge is -2.52. The van der Waals surface area contributed by atoms with Crippen molar-refractivity contribution in [2.45, 2.75) is 75.3 Å². The molecule has 0 amide bonds. The second kappa shape index (κ2) is 8.92. The molecule has 2 aliphatic heterocycles. The number of piperidine rings is 2. The van der Waals surface area contributed by atoms with Gasteiger partial charge in [0.05, 0.1) is 25.5 Å². The zero-order chi connectivity index (χ0) is 24.9. The van der Waals surface area contributed by atoms with E-state index in [4.69, 9.17) is 4.74 Å². The Labute approximate surface area is 209 Å². The smallest absolute Gasteiger partial charge is 0.245 e. The average Bonchev–Trinajstić information content (AvgIpc) is 3.73. The molecule has 4 atom stereocenters. The van der Waals surface area contributed by atoms with Gasteiger partial charge in [-0.3, -0.25) is 0 Å². The molecule has 3 aromatic rings. The summed E-state index contributed by atoms with van der Waals surface area (Å²) in [6.45, 7) is 2.20. The minimum Gasteiger partial charge on any atom is -0.507 e. The van der Waals surface area contributed by atoms with E-state index in [2.05, 4.69) is 42.5 Å². The summed E-state index contributed by atoms with van der Waals surface area (Å²) >= 11 is 0. The molecule has 2 N–H and O–H groups in total. The first-order valence-corrected chi connectivity index (χ1v) is 12.5. The maximum Gasteiger partial charge on any atom is 0.245 e. The minimum atomic E-state index is -0.972. The third kappa shape index (κ3) is 4.23. The largest absolute Gasteiger partial charge is 0.507 e. The van der Waals surface area contributed by atoms with Crippen molar-refractivity contribution < 1.29 is 14.2 Å². The Hall–Kier alpha value is -3.40. The quantitative estimate of drug-likeness (QED) is 0.533. The number of halogens is 1. The van der Waals surface area contributed by atoms with Gasteiger partial charge in [-0.2, -0.15) is 5.10 Å². The van der Waals surface area contributed by atoms with Gasteiger partial charge in [0.25, 0.3) is 0 Å². The number of phenols is 1. The van der Waals surface area contributed by atoms with Crippen molar-refractivity contribution in [1.82, 2.24) is 30.7 Å². The van der Waals surface area contributed by atoms with Gasteiger partial charge in [0.15, 0.2) is 0 Å². The molecule has 1 aromatic carbocycles. The summed E-state index contributed by atoms with van der Waals surface area (Å²) in [5.74, 6) is 0.904. The predicted molar refractivity (Wildman–Crippen MR) is 132 cm³/mol. The van der Waals surface area contributed by atoms with Crippen LogP contribution in [0.2, 0.25) is 0 Å². The Kier molecular flexibility index (Phi) is 5.70. The van der Waals surface area contributed by atoms with Crippen molar-refractivity contribution in [3.8, 4) is 34.0 Å². The number of benzene rings is 1. The summed E-state index contributed by atoms with van der Waals surface area (Å²) in [7, 11) is 1.53. The van der Waals surface area contributed by atoms with Gasteiger partial charge in [-0.15, -0.1) is 15.3 Å². The van der Waals surface area contributed by atoms with E-state index in [1.54, 1.807) is 30.6 Å². The lowest BCUT2D eigenvalue weighted by molar-refractivity contribution is 0.0582. The molecule has 3 fully saturated rings. The van der Waals surface area contributed by atoms with Gasteiger partial charge in [0.1, 0.15) is 17.6 Å². The molecule has 6 rings (SSSR count). The predicted octanol–water partition coefficient (Wildman–Crippen LogP) is 3.69. The number of aromatic nitrogens is 5. The topological polar surface area (TPSA) is 109 Å². The van der Waals surface area contributed by atoms with Crippen molar-refractivity contribution in [1.29, 1.82) is 0 Å². The summed E-state index contributed by atoms with van der Waals surface area (Å²) < 4.78 is 20.7. The van der Waals surface area contributed by atoms with Gasteiger partial charge in [-0.05, 0) is 63.1 Å². The lowest BCUT2D eigenvalue weighted by atomic mass is 9.74. The first kappa shape index (κ1) is 23.0. The SMILES string of the molecule is COc1cc(-c2ccc(-c3cnc(N(C4CC4)[C@@H]4C[C@@]5(C)CCC[C@H](N5)[C@@H]4F)nn3)c(O)c2)cnn1. The standard InChI is InChI=1S/C26H30FN7O2/c1-26-9-3-4-19(30-26)24(27)21(12-26)34(17-6-7-17)25-28-14-20(31-33-25)18-8-5-15(10-22(18)35)16-11-23(36-2)32-29-13-16/h5,8,10-11,13-14,17,19,21,24,30,35H,3-4,6-7,9,12H2,1-2H3/t19-,21+,24-,26+/m0/s1. The van der Waals surface area contributed by atoms with E-state index >= 15 is 4.39 Å². The summed E-state index contributed by atoms with van der Waals surface area (Å²) in [5.41, 5.74) is 2.45. The molecule has 4 heterocycles. The fourth-order valence-corrected chi connectivity index (χ4v) is 5.78. The average molecular weight is 492 g/mol. The minimum absolute atomic E-state index is 0.0501. The molecular formula is C26H30FN7O2. The summed E-state index contributed by atoms with van der Waals surface area (Å²) in [4.78, 5) is 6.68. The Morgan fingerprint density at radius 1 is 1.11 bits per heavy atom. The number of hydrogen-bond donors (Lipinski definition) is 2. The van der Waals surface area contributed by atoms with Gasteiger partial charge in [-0.1, -0.05) is 6.07 Å². The summed E-state index contributed by atoms with van der Waals surface area (Å²) in [6.07, 6.45) is 7.98. The number of ether oxygens (including phenoxy) is 1. The fourth-order valence-electron chi connectivity index (χ4n) is 5.78. The second-order valence-corrected chi connectivity index (χ2v) is 10.4. The summed E-state index contributed by atoms with van der Waals surface area (Å²) in [5, 5.41) is 30.9. The van der Waals surface area contributed by atoms with Crippen LogP contribution in [0.15, 0.2) is 36.7 Å². The molecule has 1 aliphatic carbocycles. The molecule has 1 saturated carbocycles. The normalized spacial score (nSPS) is 27.5. The molecule has 0 unspecified atom stereocenters. The zero-order valence-electron chi connectivity index (χ0n) is 20.4. The van der Waals surface area contributed by atoms with Crippen molar-refractivity contribution >= 4 is 5.95 Å². The Bertz CT molecular complexity index is 1260. The molecule has 3 aliphatic rings. The van der Waals surface area contributed by atoms with E-state index in [0.717, 1.165) is 49.7 Å². The second-order valence-electron chi connectivity index (χ2n) is 10.4. The van der Waals surface area contributed by atoms with Crippen LogP contribution in [0.1, 0.15) is 45.4 Å². The van der Waals surface area contributed by atoms with E-state index in [1.807, 2.05) is 6.07 Å². The van der Waals surface area contributed by atoms with Crippen LogP contribution in [0.4, 0.5) is 10.3 Å². The van der Waals surface area contributed by atoms with E-state index in [1.165, 1.54) is 7.11 Å². The van der Waals surface area contributed by atoms with E-state index in [9.17, 15) is 5.11 Å². The number of aromatic hydroxyl groups is 1. The molecule has 2 saturated heterocycles. The van der Waals surface area contributed by atoms with Gasteiger partial charge in [-0.25, -0.2) is 9.37 Å². The highest BCUT2D eigenvalue weighted by Crippen LogP contribution is 2.42. The fraction of sp³-hybridized carbons (Fsp3) is 0.500. The number of fused-ring (bicyclic) bond motifs is 2. The van der Waals surface area contributed by atoms with Crippen LogP contribution in [0.25, 0.3) is 22.4 Å². The van der Waals surface area contributed by atoms with Gasteiger partial charge in [0.2, 0.25) is 11.8 Å². The molecule has 9 nitrogen and oxygen atoms in total. The monoisotopic (exact) mass is 491 g/mol. The summed E-state index contributed by atoms with van der Waals surface area (Å²) in [6, 6.07) is 6.88. The highest BCUT2D eigenvalue weighted by molar-refractivity contribution is 5.74. The maximum atomic E-state index is 15.6. The van der Waals surface area contributed by atoms with E-state index in [-0.39, 0.29) is 29.4 Å². The zero-order valence-corrected chi connectivity index (χ0v) is 20.4. The molecule has 0 radical (unpaired) electrons. The number of methoxy groups -OCH3 is 1. The van der Waals surface area contributed by atoms with Crippen molar-refractivity contribution in [3.63, 3.8) is 0 Å². The van der Waals surface area contributed by atoms with Crippen LogP contribution in [0.5, 0.6) is 11.6 Å². The third-order valence-corrected chi connectivity index (χ3v) is 7.72. The molecule has 10 heteroatoms. The van der Waals surface area contributed by atoms with Crippen LogP contribution >= 0.6 is 0 Å². The number of hydrogen-bond acceptors (Lipinski definition) is 9. The third-order valence-electron chi connectivity index (χ3n) is 7.72.